The molecule has 1 aliphatic rings. The number of hydrogen-bond acceptors (Lipinski definition) is 2. The van der Waals surface area contributed by atoms with E-state index < -0.39 is 0 Å². The molecule has 1 saturated heterocycles. The zero-order chi connectivity index (χ0) is 13.2. The summed E-state index contributed by atoms with van der Waals surface area (Å²) in [6.45, 7) is 8.09. The van der Waals surface area contributed by atoms with E-state index in [-0.39, 0.29) is 11.2 Å². The van der Waals surface area contributed by atoms with Gasteiger partial charge >= 0.3 is 0 Å². The largest absolute Gasteiger partial charge is 0.381 e. The van der Waals surface area contributed by atoms with Crippen molar-refractivity contribution in [3.63, 3.8) is 0 Å². The molecule has 1 heterocycles. The predicted molar refractivity (Wildman–Crippen MR) is 73.0 cm³/mol. The van der Waals surface area contributed by atoms with Gasteiger partial charge in [-0.3, -0.25) is 4.79 Å². The molecule has 0 N–H and O–H groups in total. The smallest absolute Gasteiger partial charge is 0.163 e. The molecule has 0 amide bonds. The van der Waals surface area contributed by atoms with E-state index >= 15 is 0 Å². The van der Waals surface area contributed by atoms with Gasteiger partial charge in [-0.25, -0.2) is 0 Å². The lowest BCUT2D eigenvalue weighted by molar-refractivity contribution is 0.0952. The first-order valence-electron chi connectivity index (χ1n) is 6.68. The second-order valence-electron chi connectivity index (χ2n) is 6.18. The highest BCUT2D eigenvalue weighted by molar-refractivity contribution is 5.96. The second kappa shape index (κ2) is 5.23. The maximum Gasteiger partial charge on any atom is 0.163 e. The maximum atomic E-state index is 12.1. The van der Waals surface area contributed by atoms with Crippen LogP contribution in [-0.2, 0) is 10.2 Å². The Bertz CT molecular complexity index is 406. The highest BCUT2D eigenvalue weighted by atomic mass is 16.5. The number of rotatable bonds is 3. The molecule has 1 atom stereocenters. The summed E-state index contributed by atoms with van der Waals surface area (Å²) in [5.74, 6) is 0.658. The number of carbonyl (C=O) groups is 1. The molecule has 1 aromatic carbocycles. The highest BCUT2D eigenvalue weighted by Crippen LogP contribution is 2.24. The fourth-order valence-corrected chi connectivity index (χ4v) is 2.28. The Hall–Kier alpha value is -1.15. The summed E-state index contributed by atoms with van der Waals surface area (Å²) < 4.78 is 5.31. The zero-order valence-corrected chi connectivity index (χ0v) is 11.5. The van der Waals surface area contributed by atoms with Crippen LogP contribution in [0.3, 0.4) is 0 Å². The molecule has 2 nitrogen and oxygen atoms in total. The number of ketones is 1. The molecule has 1 aliphatic heterocycles. The minimum absolute atomic E-state index is 0.140. The number of ether oxygens (including phenoxy) is 1. The summed E-state index contributed by atoms with van der Waals surface area (Å²) in [6.07, 6.45) is 1.64. The summed E-state index contributed by atoms with van der Waals surface area (Å²) in [5, 5.41) is 0. The third kappa shape index (κ3) is 3.20. The molecule has 98 valence electrons. The normalized spacial score (nSPS) is 20.1. The van der Waals surface area contributed by atoms with E-state index in [4.69, 9.17) is 4.74 Å². The van der Waals surface area contributed by atoms with Crippen molar-refractivity contribution in [3.8, 4) is 0 Å². The summed E-state index contributed by atoms with van der Waals surface area (Å²) >= 11 is 0. The van der Waals surface area contributed by atoms with Gasteiger partial charge in [-0.05, 0) is 23.3 Å². The van der Waals surface area contributed by atoms with Crippen molar-refractivity contribution in [1.82, 2.24) is 0 Å². The molecule has 0 saturated carbocycles. The Morgan fingerprint density at radius 3 is 2.44 bits per heavy atom. The molecule has 0 spiro atoms. The first-order valence-corrected chi connectivity index (χ1v) is 6.68. The molecule has 1 aromatic rings. The molecule has 2 heteroatoms. The van der Waals surface area contributed by atoms with E-state index in [1.54, 1.807) is 0 Å². The Morgan fingerprint density at radius 2 is 1.94 bits per heavy atom. The summed E-state index contributed by atoms with van der Waals surface area (Å²) in [7, 11) is 0. The fourth-order valence-electron chi connectivity index (χ4n) is 2.28. The van der Waals surface area contributed by atoms with Gasteiger partial charge < -0.3 is 4.74 Å². The van der Waals surface area contributed by atoms with E-state index in [0.29, 0.717) is 12.3 Å². The van der Waals surface area contributed by atoms with Crippen LogP contribution in [0.1, 0.15) is 49.5 Å². The number of benzene rings is 1. The van der Waals surface area contributed by atoms with Gasteiger partial charge in [0, 0.05) is 25.2 Å². The predicted octanol–water partition coefficient (Wildman–Crippen LogP) is 3.59. The van der Waals surface area contributed by atoms with Crippen LogP contribution in [0, 0.1) is 5.92 Å². The average molecular weight is 246 g/mol. The van der Waals surface area contributed by atoms with Crippen molar-refractivity contribution in [2.75, 3.05) is 13.2 Å². The van der Waals surface area contributed by atoms with Crippen molar-refractivity contribution < 1.29 is 9.53 Å². The summed E-state index contributed by atoms with van der Waals surface area (Å²) in [6, 6.07) is 8.05. The van der Waals surface area contributed by atoms with Gasteiger partial charge in [0.1, 0.15) is 0 Å². The molecular formula is C16H22O2. The van der Waals surface area contributed by atoms with Crippen molar-refractivity contribution >= 4 is 5.78 Å². The minimum atomic E-state index is 0.140. The van der Waals surface area contributed by atoms with Gasteiger partial charge in [0.05, 0.1) is 0 Å². The molecule has 0 aliphatic carbocycles. The Balaban J connectivity index is 2.02. The maximum absolute atomic E-state index is 12.1. The molecule has 0 aromatic heterocycles. The van der Waals surface area contributed by atoms with Crippen LogP contribution in [0.5, 0.6) is 0 Å². The monoisotopic (exact) mass is 246 g/mol. The Morgan fingerprint density at radius 1 is 1.28 bits per heavy atom. The number of hydrogen-bond donors (Lipinski definition) is 0. The second-order valence-corrected chi connectivity index (χ2v) is 6.18. The van der Waals surface area contributed by atoms with Crippen molar-refractivity contribution in [3.05, 3.63) is 35.4 Å². The molecule has 1 unspecified atom stereocenters. The van der Waals surface area contributed by atoms with Crippen LogP contribution in [0.25, 0.3) is 0 Å². The topological polar surface area (TPSA) is 26.3 Å². The van der Waals surface area contributed by atoms with Crippen molar-refractivity contribution in [2.45, 2.75) is 39.0 Å². The van der Waals surface area contributed by atoms with Gasteiger partial charge in [-0.1, -0.05) is 45.0 Å². The molecule has 0 bridgehead atoms. The minimum Gasteiger partial charge on any atom is -0.381 e. The lowest BCUT2D eigenvalue weighted by Crippen LogP contribution is -2.12. The highest BCUT2D eigenvalue weighted by Gasteiger charge is 2.20. The molecular weight excluding hydrogens is 224 g/mol. The first kappa shape index (κ1) is 13.3. The van der Waals surface area contributed by atoms with Crippen molar-refractivity contribution in [2.24, 2.45) is 5.92 Å². The summed E-state index contributed by atoms with van der Waals surface area (Å²) in [4.78, 5) is 12.1. The van der Waals surface area contributed by atoms with Gasteiger partial charge in [-0.2, -0.15) is 0 Å². The average Bonchev–Trinajstić information content (AvgIpc) is 2.81. The van der Waals surface area contributed by atoms with E-state index in [1.807, 2.05) is 12.1 Å². The van der Waals surface area contributed by atoms with Gasteiger partial charge in [0.15, 0.2) is 5.78 Å². The van der Waals surface area contributed by atoms with Crippen LogP contribution < -0.4 is 0 Å². The van der Waals surface area contributed by atoms with E-state index in [1.165, 1.54) is 5.56 Å². The lowest BCUT2D eigenvalue weighted by Gasteiger charge is -2.19. The van der Waals surface area contributed by atoms with Crippen LogP contribution in [0.4, 0.5) is 0 Å². The molecule has 1 fully saturated rings. The van der Waals surface area contributed by atoms with Crippen LogP contribution in [-0.4, -0.2) is 19.0 Å². The summed E-state index contributed by atoms with van der Waals surface area (Å²) in [5.41, 5.74) is 2.24. The third-order valence-corrected chi connectivity index (χ3v) is 3.57. The molecule has 0 radical (unpaired) electrons. The SMILES string of the molecule is CC(C)(C)c1ccc(C(=O)CC2CCOC2)cc1. The standard InChI is InChI=1S/C16H22O2/c1-16(2,3)14-6-4-13(5-7-14)15(17)10-12-8-9-18-11-12/h4-7,12H,8-11H2,1-3H3. The van der Waals surface area contributed by atoms with Gasteiger partial charge in [0.2, 0.25) is 0 Å². The van der Waals surface area contributed by atoms with Crippen LogP contribution >= 0.6 is 0 Å². The molecule has 18 heavy (non-hydrogen) atoms. The van der Waals surface area contributed by atoms with E-state index in [0.717, 1.165) is 25.2 Å². The number of Topliss-reactive ketones (excluding diaryl/α,β-unsaturated/α-hetero) is 1. The third-order valence-electron chi connectivity index (χ3n) is 3.57. The van der Waals surface area contributed by atoms with Gasteiger partial charge in [-0.15, -0.1) is 0 Å². The van der Waals surface area contributed by atoms with Crippen molar-refractivity contribution in [1.29, 1.82) is 0 Å². The van der Waals surface area contributed by atoms with Crippen LogP contribution in [0.2, 0.25) is 0 Å². The van der Waals surface area contributed by atoms with E-state index in [2.05, 4.69) is 32.9 Å². The van der Waals surface area contributed by atoms with Crippen LogP contribution in [0.15, 0.2) is 24.3 Å². The number of carbonyl (C=O) groups excluding carboxylic acids is 1. The zero-order valence-electron chi connectivity index (χ0n) is 11.5. The quantitative estimate of drug-likeness (QED) is 0.762. The fraction of sp³-hybridized carbons (Fsp3) is 0.562. The Kier molecular flexibility index (Phi) is 3.86. The molecule has 2 rings (SSSR count). The lowest BCUT2D eigenvalue weighted by atomic mass is 9.86. The first-order chi connectivity index (χ1) is 8.47. The Labute approximate surface area is 109 Å². The van der Waals surface area contributed by atoms with E-state index in [9.17, 15) is 4.79 Å². The van der Waals surface area contributed by atoms with Gasteiger partial charge in [0.25, 0.3) is 0 Å².